The van der Waals surface area contributed by atoms with Gasteiger partial charge in [-0.3, -0.25) is 14.7 Å². The Kier molecular flexibility index (Phi) is 4.65. The molecule has 1 aromatic rings. The van der Waals surface area contributed by atoms with Gasteiger partial charge in [-0.05, 0) is 30.5 Å². The molecule has 146 valence electrons. The van der Waals surface area contributed by atoms with Crippen LogP contribution < -0.4 is 0 Å². The van der Waals surface area contributed by atoms with Crippen LogP contribution in [0, 0.1) is 11.8 Å². The standard InChI is InChI=1S/C23H27N3O2/c1-16-19(21(27)8-9-25-11-13-28-14-12-25)5-6-20-22(16)24-15-18-4-2-3-17-7-10-26(20)23(17)18/h4-7,10,15-16,19H,2-3,8-9,11-14H2,1H3. The van der Waals surface area contributed by atoms with Crippen molar-refractivity contribution in [1.82, 2.24) is 9.47 Å². The maximum atomic E-state index is 13.0. The molecule has 5 rings (SSSR count). The molecular formula is C23H27N3O2. The summed E-state index contributed by atoms with van der Waals surface area (Å²) < 4.78 is 7.67. The number of ether oxygens (including phenoxy) is 1. The molecule has 5 heteroatoms. The van der Waals surface area contributed by atoms with E-state index in [1.54, 1.807) is 0 Å². The van der Waals surface area contributed by atoms with E-state index in [9.17, 15) is 4.79 Å². The van der Waals surface area contributed by atoms with Crippen LogP contribution in [-0.2, 0) is 16.0 Å². The van der Waals surface area contributed by atoms with E-state index in [1.165, 1.54) is 16.8 Å². The predicted molar refractivity (Wildman–Crippen MR) is 111 cm³/mol. The fourth-order valence-electron chi connectivity index (χ4n) is 4.82. The van der Waals surface area contributed by atoms with Gasteiger partial charge in [-0.15, -0.1) is 0 Å². The van der Waals surface area contributed by atoms with Crippen molar-refractivity contribution in [2.45, 2.75) is 26.2 Å². The Bertz CT molecular complexity index is 912. The average molecular weight is 377 g/mol. The van der Waals surface area contributed by atoms with Crippen molar-refractivity contribution in [3.63, 3.8) is 0 Å². The first kappa shape index (κ1) is 17.8. The third kappa shape index (κ3) is 3.03. The number of aromatic nitrogens is 1. The summed E-state index contributed by atoms with van der Waals surface area (Å²) in [7, 11) is 0. The Morgan fingerprint density at radius 3 is 3.04 bits per heavy atom. The van der Waals surface area contributed by atoms with Gasteiger partial charge in [0.15, 0.2) is 0 Å². The molecule has 0 spiro atoms. The number of allylic oxidation sites excluding steroid dienone is 6. The SMILES string of the molecule is CC1C2=C(C=CC1C(=O)CCN1CCOCC1)n1ccc3c1C(=CCC3)C=N2. The van der Waals surface area contributed by atoms with Gasteiger partial charge < -0.3 is 9.30 Å². The number of Topliss-reactive ketones (excluding diaryl/α,β-unsaturated/α-hetero) is 1. The number of hydrogen-bond acceptors (Lipinski definition) is 4. The molecule has 0 aromatic carbocycles. The van der Waals surface area contributed by atoms with Gasteiger partial charge in [-0.25, -0.2) is 0 Å². The van der Waals surface area contributed by atoms with Gasteiger partial charge in [0.05, 0.1) is 30.3 Å². The molecule has 1 fully saturated rings. The van der Waals surface area contributed by atoms with Crippen LogP contribution in [0.15, 0.2) is 41.2 Å². The van der Waals surface area contributed by atoms with Crippen LogP contribution >= 0.6 is 0 Å². The van der Waals surface area contributed by atoms with Gasteiger partial charge in [0.2, 0.25) is 0 Å². The predicted octanol–water partition coefficient (Wildman–Crippen LogP) is 3.18. The number of ketones is 1. The first-order valence-corrected chi connectivity index (χ1v) is 10.4. The summed E-state index contributed by atoms with van der Waals surface area (Å²) >= 11 is 0. The first-order chi connectivity index (χ1) is 13.7. The Labute approximate surface area is 166 Å². The van der Waals surface area contributed by atoms with E-state index in [1.807, 2.05) is 6.21 Å². The number of rotatable bonds is 4. The van der Waals surface area contributed by atoms with Crippen molar-refractivity contribution in [3.8, 4) is 0 Å². The van der Waals surface area contributed by atoms with Crippen molar-refractivity contribution in [2.75, 3.05) is 32.8 Å². The molecule has 2 unspecified atom stereocenters. The van der Waals surface area contributed by atoms with Crippen LogP contribution in [0.5, 0.6) is 0 Å². The smallest absolute Gasteiger partial charge is 0.141 e. The highest BCUT2D eigenvalue weighted by Crippen LogP contribution is 2.39. The normalized spacial score (nSPS) is 26.5. The minimum atomic E-state index is -0.0916. The number of carbonyl (C=O) groups is 1. The summed E-state index contributed by atoms with van der Waals surface area (Å²) in [6.45, 7) is 6.37. The Morgan fingerprint density at radius 1 is 1.32 bits per heavy atom. The molecule has 28 heavy (non-hydrogen) atoms. The molecule has 0 N–H and O–H groups in total. The first-order valence-electron chi connectivity index (χ1n) is 10.4. The lowest BCUT2D eigenvalue weighted by Crippen LogP contribution is -2.38. The van der Waals surface area contributed by atoms with Crippen LogP contribution in [0.3, 0.4) is 0 Å². The summed E-state index contributed by atoms with van der Waals surface area (Å²) in [5, 5.41) is 0. The van der Waals surface area contributed by atoms with Gasteiger partial charge >= 0.3 is 0 Å². The van der Waals surface area contributed by atoms with E-state index in [4.69, 9.17) is 9.73 Å². The minimum Gasteiger partial charge on any atom is -0.379 e. The molecule has 2 aliphatic carbocycles. The molecule has 0 amide bonds. The zero-order valence-corrected chi connectivity index (χ0v) is 16.4. The van der Waals surface area contributed by atoms with Crippen molar-refractivity contribution in [1.29, 1.82) is 0 Å². The number of fused-ring (bicyclic) bond motifs is 1. The number of nitrogens with zero attached hydrogens (tertiary/aromatic N) is 3. The zero-order chi connectivity index (χ0) is 19.1. The number of carbonyl (C=O) groups excluding carboxylic acids is 1. The molecule has 3 heterocycles. The van der Waals surface area contributed by atoms with Gasteiger partial charge in [0.1, 0.15) is 5.78 Å². The summed E-state index contributed by atoms with van der Waals surface area (Å²) in [5.74, 6) is 0.313. The fraction of sp³-hybridized carbons (Fsp3) is 0.478. The fourth-order valence-corrected chi connectivity index (χ4v) is 4.82. The van der Waals surface area contributed by atoms with E-state index < -0.39 is 0 Å². The summed E-state index contributed by atoms with van der Waals surface area (Å²) in [6, 6.07) is 2.23. The molecule has 0 radical (unpaired) electrons. The second-order valence-corrected chi connectivity index (χ2v) is 8.13. The van der Waals surface area contributed by atoms with Crippen LogP contribution in [-0.4, -0.2) is 54.3 Å². The van der Waals surface area contributed by atoms with Crippen molar-refractivity contribution >= 4 is 23.3 Å². The van der Waals surface area contributed by atoms with Crippen molar-refractivity contribution in [3.05, 3.63) is 47.4 Å². The number of morpholine rings is 1. The highest BCUT2D eigenvalue weighted by atomic mass is 16.5. The van der Waals surface area contributed by atoms with E-state index >= 15 is 0 Å². The molecule has 2 atom stereocenters. The third-order valence-electron chi connectivity index (χ3n) is 6.47. The lowest BCUT2D eigenvalue weighted by Gasteiger charge is -2.29. The summed E-state index contributed by atoms with van der Waals surface area (Å²) in [5.41, 5.74) is 6.02. The van der Waals surface area contributed by atoms with Crippen LogP contribution in [0.1, 0.15) is 31.0 Å². The highest BCUT2D eigenvalue weighted by Gasteiger charge is 2.32. The van der Waals surface area contributed by atoms with Crippen LogP contribution in [0.2, 0.25) is 0 Å². The minimum absolute atomic E-state index is 0.0900. The van der Waals surface area contributed by atoms with E-state index in [0.29, 0.717) is 12.2 Å². The Balaban J connectivity index is 1.37. The van der Waals surface area contributed by atoms with Gasteiger partial charge in [0, 0.05) is 55.9 Å². The topological polar surface area (TPSA) is 46.8 Å². The largest absolute Gasteiger partial charge is 0.379 e. The maximum absolute atomic E-state index is 13.0. The molecule has 2 aliphatic heterocycles. The maximum Gasteiger partial charge on any atom is 0.141 e. The van der Waals surface area contributed by atoms with Gasteiger partial charge in [-0.1, -0.05) is 19.1 Å². The molecule has 0 saturated carbocycles. The lowest BCUT2D eigenvalue weighted by atomic mass is 9.82. The van der Waals surface area contributed by atoms with Crippen molar-refractivity contribution < 1.29 is 9.53 Å². The molecule has 1 aromatic heterocycles. The number of hydrogen-bond donors (Lipinski definition) is 0. The molecular weight excluding hydrogens is 350 g/mol. The van der Waals surface area contributed by atoms with Gasteiger partial charge in [0.25, 0.3) is 0 Å². The van der Waals surface area contributed by atoms with Crippen molar-refractivity contribution in [2.24, 2.45) is 16.8 Å². The summed E-state index contributed by atoms with van der Waals surface area (Å²) in [6.07, 6.45) is 13.4. The van der Waals surface area contributed by atoms with E-state index in [0.717, 1.165) is 57.1 Å². The molecule has 1 saturated heterocycles. The highest BCUT2D eigenvalue weighted by molar-refractivity contribution is 6.12. The molecule has 5 nitrogen and oxygen atoms in total. The monoisotopic (exact) mass is 377 g/mol. The number of aliphatic imine (C=N–C) groups is 1. The Hall–Kier alpha value is -2.24. The van der Waals surface area contributed by atoms with E-state index in [2.05, 4.69) is 46.9 Å². The second-order valence-electron chi connectivity index (χ2n) is 8.13. The Morgan fingerprint density at radius 2 is 2.18 bits per heavy atom. The third-order valence-corrected chi connectivity index (χ3v) is 6.47. The summed E-state index contributed by atoms with van der Waals surface area (Å²) in [4.78, 5) is 20.2. The lowest BCUT2D eigenvalue weighted by molar-refractivity contribution is -0.123. The molecule has 0 bridgehead atoms. The quantitative estimate of drug-likeness (QED) is 0.810. The van der Waals surface area contributed by atoms with E-state index in [-0.39, 0.29) is 11.8 Å². The van der Waals surface area contributed by atoms with Crippen LogP contribution in [0.25, 0.3) is 11.3 Å². The van der Waals surface area contributed by atoms with Crippen LogP contribution in [0.4, 0.5) is 0 Å². The number of aryl methyl sites for hydroxylation is 1. The average Bonchev–Trinajstić information content (AvgIpc) is 3.08. The zero-order valence-electron chi connectivity index (χ0n) is 16.4. The molecule has 4 aliphatic rings. The van der Waals surface area contributed by atoms with Gasteiger partial charge in [-0.2, -0.15) is 0 Å². The second kappa shape index (κ2) is 7.30.